The average molecular weight is 344 g/mol. The van der Waals surface area contributed by atoms with Crippen LogP contribution in [0.1, 0.15) is 26.2 Å². The van der Waals surface area contributed by atoms with Crippen LogP contribution < -0.4 is 11.1 Å². The lowest BCUT2D eigenvalue weighted by molar-refractivity contribution is -0.137. The number of amides is 3. The number of nitrogens with zero attached hydrogens (tertiary/aromatic N) is 2. The second-order valence-electron chi connectivity index (χ2n) is 7.26. The van der Waals surface area contributed by atoms with Gasteiger partial charge in [0.2, 0.25) is 5.91 Å². The molecule has 2 saturated heterocycles. The van der Waals surface area contributed by atoms with E-state index in [1.54, 1.807) is 4.90 Å². The zero-order valence-corrected chi connectivity index (χ0v) is 14.9. The highest BCUT2D eigenvalue weighted by Gasteiger charge is 2.37. The van der Waals surface area contributed by atoms with Crippen LogP contribution in [0.3, 0.4) is 0 Å². The van der Waals surface area contributed by atoms with Crippen LogP contribution >= 0.6 is 0 Å². The number of hydrogen-bond donors (Lipinski definition) is 2. The highest BCUT2D eigenvalue weighted by molar-refractivity contribution is 5.90. The summed E-state index contributed by atoms with van der Waals surface area (Å²) in [5, 5.41) is 2.91. The van der Waals surface area contributed by atoms with Crippen LogP contribution in [-0.2, 0) is 4.79 Å². The van der Waals surface area contributed by atoms with Gasteiger partial charge in [0, 0.05) is 31.4 Å². The highest BCUT2D eigenvalue weighted by atomic mass is 16.2. The van der Waals surface area contributed by atoms with Crippen molar-refractivity contribution in [1.82, 2.24) is 9.80 Å². The van der Waals surface area contributed by atoms with Gasteiger partial charge < -0.3 is 20.9 Å². The summed E-state index contributed by atoms with van der Waals surface area (Å²) in [7, 11) is 0. The minimum atomic E-state index is -0.127. The molecule has 3 N–H and O–H groups in total. The lowest BCUT2D eigenvalue weighted by Gasteiger charge is -2.35. The average Bonchev–Trinajstić information content (AvgIpc) is 3.03. The number of rotatable bonds is 3. The molecule has 2 aliphatic rings. The number of hydrogen-bond acceptors (Lipinski definition) is 3. The van der Waals surface area contributed by atoms with Crippen molar-refractivity contribution in [3.63, 3.8) is 0 Å². The van der Waals surface area contributed by atoms with Crippen LogP contribution in [0.2, 0.25) is 0 Å². The van der Waals surface area contributed by atoms with Crippen molar-refractivity contribution in [3.8, 4) is 0 Å². The largest absolute Gasteiger partial charge is 0.339 e. The lowest BCUT2D eigenvalue weighted by atomic mass is 9.96. The first kappa shape index (κ1) is 17.7. The molecule has 1 aromatic rings. The minimum Gasteiger partial charge on any atom is -0.339 e. The summed E-state index contributed by atoms with van der Waals surface area (Å²) >= 11 is 0. The van der Waals surface area contributed by atoms with Gasteiger partial charge >= 0.3 is 6.03 Å². The Bertz CT molecular complexity index is 607. The normalized spacial score (nSPS) is 26.6. The van der Waals surface area contributed by atoms with Gasteiger partial charge in [0.05, 0.1) is 5.92 Å². The molecule has 3 atom stereocenters. The van der Waals surface area contributed by atoms with Crippen molar-refractivity contribution in [1.29, 1.82) is 0 Å². The maximum Gasteiger partial charge on any atom is 0.321 e. The fourth-order valence-corrected chi connectivity index (χ4v) is 3.94. The number of nitrogens with one attached hydrogen (secondary N) is 1. The van der Waals surface area contributed by atoms with Gasteiger partial charge in [0.25, 0.3) is 0 Å². The molecule has 0 saturated carbocycles. The molecule has 6 nitrogen and oxygen atoms in total. The molecule has 0 aromatic heterocycles. The van der Waals surface area contributed by atoms with Gasteiger partial charge in [-0.3, -0.25) is 4.79 Å². The summed E-state index contributed by atoms with van der Waals surface area (Å²) in [4.78, 5) is 29.2. The zero-order valence-electron chi connectivity index (χ0n) is 14.9. The molecule has 0 spiro atoms. The number of likely N-dealkylation sites (tertiary alicyclic amines) is 2. The molecule has 2 heterocycles. The Morgan fingerprint density at radius 3 is 2.68 bits per heavy atom. The Labute approximate surface area is 149 Å². The van der Waals surface area contributed by atoms with E-state index in [1.807, 2.05) is 35.2 Å². The Balaban J connectivity index is 1.59. The first-order chi connectivity index (χ1) is 12.1. The number of anilines is 1. The molecular weight excluding hydrogens is 316 g/mol. The molecule has 2 fully saturated rings. The summed E-state index contributed by atoms with van der Waals surface area (Å²) in [6, 6.07) is 9.54. The maximum absolute atomic E-state index is 12.9. The van der Waals surface area contributed by atoms with Gasteiger partial charge in [-0.05, 0) is 50.8 Å². The number of carbonyl (C=O) groups is 2. The number of carbonyl (C=O) groups excluding carboxylic acids is 2. The first-order valence-corrected chi connectivity index (χ1v) is 9.20. The van der Waals surface area contributed by atoms with Crippen LogP contribution in [0.15, 0.2) is 30.3 Å². The Kier molecular flexibility index (Phi) is 5.58. The second kappa shape index (κ2) is 7.87. The molecule has 0 radical (unpaired) electrons. The third-order valence-corrected chi connectivity index (χ3v) is 5.36. The minimum absolute atomic E-state index is 0.103. The number of para-hydroxylation sites is 1. The highest BCUT2D eigenvalue weighted by Crippen LogP contribution is 2.27. The fourth-order valence-electron chi connectivity index (χ4n) is 3.94. The van der Waals surface area contributed by atoms with Gasteiger partial charge in [-0.15, -0.1) is 0 Å². The quantitative estimate of drug-likeness (QED) is 0.882. The van der Waals surface area contributed by atoms with E-state index in [2.05, 4.69) is 12.2 Å². The summed E-state index contributed by atoms with van der Waals surface area (Å²) in [6.07, 6.45) is 2.69. The number of piperidine rings is 1. The van der Waals surface area contributed by atoms with E-state index in [9.17, 15) is 9.59 Å². The molecule has 3 unspecified atom stereocenters. The lowest BCUT2D eigenvalue weighted by Crippen LogP contribution is -2.48. The van der Waals surface area contributed by atoms with Crippen molar-refractivity contribution in [2.45, 2.75) is 32.2 Å². The summed E-state index contributed by atoms with van der Waals surface area (Å²) in [5.74, 6) is 0.481. The fraction of sp³-hybridized carbons (Fsp3) is 0.579. The number of urea groups is 1. The van der Waals surface area contributed by atoms with E-state index < -0.39 is 0 Å². The molecule has 6 heteroatoms. The number of benzene rings is 1. The predicted molar refractivity (Wildman–Crippen MR) is 98.1 cm³/mol. The Hall–Kier alpha value is -2.08. The van der Waals surface area contributed by atoms with Crippen molar-refractivity contribution in [3.05, 3.63) is 30.3 Å². The second-order valence-corrected chi connectivity index (χ2v) is 7.26. The van der Waals surface area contributed by atoms with E-state index >= 15 is 0 Å². The number of nitrogens with two attached hydrogens (primary N) is 1. The molecule has 3 amide bonds. The van der Waals surface area contributed by atoms with Gasteiger partial charge in [-0.25, -0.2) is 4.79 Å². The van der Waals surface area contributed by atoms with E-state index in [0.717, 1.165) is 31.5 Å². The van der Waals surface area contributed by atoms with Crippen molar-refractivity contribution < 1.29 is 9.59 Å². The van der Waals surface area contributed by atoms with Crippen LogP contribution in [0, 0.1) is 11.8 Å². The molecule has 2 aliphatic heterocycles. The molecule has 136 valence electrons. The molecular formula is C19H28N4O2. The molecule has 25 heavy (non-hydrogen) atoms. The summed E-state index contributed by atoms with van der Waals surface area (Å²) in [6.45, 7) is 4.67. The van der Waals surface area contributed by atoms with E-state index in [-0.39, 0.29) is 23.9 Å². The third kappa shape index (κ3) is 4.12. The van der Waals surface area contributed by atoms with Crippen molar-refractivity contribution >= 4 is 17.6 Å². The van der Waals surface area contributed by atoms with Crippen LogP contribution in [0.5, 0.6) is 0 Å². The van der Waals surface area contributed by atoms with Gasteiger partial charge in [0.15, 0.2) is 0 Å². The maximum atomic E-state index is 12.9. The SMILES string of the molecule is CC1CC(CN)CN1C(=O)C1CCCN(C(=O)Nc2ccccc2)C1. The third-order valence-electron chi connectivity index (χ3n) is 5.36. The first-order valence-electron chi connectivity index (χ1n) is 9.20. The van der Waals surface area contributed by atoms with Crippen LogP contribution in [0.4, 0.5) is 10.5 Å². The predicted octanol–water partition coefficient (Wildman–Crippen LogP) is 2.13. The summed E-state index contributed by atoms with van der Waals surface area (Å²) in [5.41, 5.74) is 6.55. The molecule has 0 bridgehead atoms. The Morgan fingerprint density at radius 2 is 2.00 bits per heavy atom. The molecule has 3 rings (SSSR count). The van der Waals surface area contributed by atoms with E-state index in [1.165, 1.54) is 0 Å². The summed E-state index contributed by atoms with van der Waals surface area (Å²) < 4.78 is 0. The standard InChI is InChI=1S/C19H28N4O2/c1-14-10-15(11-20)12-23(14)18(24)16-6-5-9-22(13-16)19(25)21-17-7-3-2-4-8-17/h2-4,7-8,14-16H,5-6,9-13,20H2,1H3,(H,21,25). The van der Waals surface area contributed by atoms with Crippen molar-refractivity contribution in [2.24, 2.45) is 17.6 Å². The molecule has 0 aliphatic carbocycles. The smallest absolute Gasteiger partial charge is 0.321 e. The van der Waals surface area contributed by atoms with Gasteiger partial charge in [-0.1, -0.05) is 18.2 Å². The monoisotopic (exact) mass is 344 g/mol. The zero-order chi connectivity index (χ0) is 17.8. The van der Waals surface area contributed by atoms with Crippen LogP contribution in [0.25, 0.3) is 0 Å². The van der Waals surface area contributed by atoms with Gasteiger partial charge in [-0.2, -0.15) is 0 Å². The van der Waals surface area contributed by atoms with Crippen LogP contribution in [-0.4, -0.2) is 54.0 Å². The van der Waals surface area contributed by atoms with Crippen molar-refractivity contribution in [2.75, 3.05) is 31.5 Å². The van der Waals surface area contributed by atoms with Gasteiger partial charge in [0.1, 0.15) is 0 Å². The molecule has 1 aromatic carbocycles. The van der Waals surface area contributed by atoms with E-state index in [4.69, 9.17) is 5.73 Å². The Morgan fingerprint density at radius 1 is 1.24 bits per heavy atom. The topological polar surface area (TPSA) is 78.7 Å². The van der Waals surface area contributed by atoms with E-state index in [0.29, 0.717) is 25.6 Å².